The van der Waals surface area contributed by atoms with Gasteiger partial charge >= 0.3 is 5.97 Å². The predicted molar refractivity (Wildman–Crippen MR) is 62.2 cm³/mol. The van der Waals surface area contributed by atoms with Crippen LogP contribution >= 0.6 is 0 Å². The first-order chi connectivity index (χ1) is 7.41. The van der Waals surface area contributed by atoms with Gasteiger partial charge in [-0.25, -0.2) is 0 Å². The van der Waals surface area contributed by atoms with Crippen LogP contribution < -0.4 is 10.6 Å². The number of amides is 1. The van der Waals surface area contributed by atoms with Crippen LogP contribution in [0.25, 0.3) is 0 Å². The van der Waals surface area contributed by atoms with E-state index in [9.17, 15) is 9.59 Å². The Hall–Kier alpha value is -1.10. The van der Waals surface area contributed by atoms with Gasteiger partial charge in [0.25, 0.3) is 0 Å². The molecular formula is C11H22N2O3. The van der Waals surface area contributed by atoms with Crippen LogP contribution in [-0.2, 0) is 9.59 Å². The average molecular weight is 230 g/mol. The Morgan fingerprint density at radius 3 is 2.38 bits per heavy atom. The Kier molecular flexibility index (Phi) is 7.54. The molecule has 0 aliphatic carbocycles. The van der Waals surface area contributed by atoms with Crippen molar-refractivity contribution in [2.45, 2.75) is 39.7 Å². The molecule has 0 aliphatic heterocycles. The summed E-state index contributed by atoms with van der Waals surface area (Å²) < 4.78 is 0. The van der Waals surface area contributed by atoms with E-state index in [4.69, 9.17) is 5.11 Å². The van der Waals surface area contributed by atoms with E-state index in [1.165, 1.54) is 0 Å². The Morgan fingerprint density at radius 1 is 1.25 bits per heavy atom. The average Bonchev–Trinajstić information content (AvgIpc) is 2.20. The molecule has 0 heterocycles. The lowest BCUT2D eigenvalue weighted by Gasteiger charge is -2.12. The van der Waals surface area contributed by atoms with Crippen LogP contribution in [0.1, 0.15) is 33.6 Å². The van der Waals surface area contributed by atoms with Crippen molar-refractivity contribution < 1.29 is 14.7 Å². The summed E-state index contributed by atoms with van der Waals surface area (Å²) in [5.41, 5.74) is 0. The van der Waals surface area contributed by atoms with Gasteiger partial charge in [-0.2, -0.15) is 0 Å². The highest BCUT2D eigenvalue weighted by Gasteiger charge is 2.07. The summed E-state index contributed by atoms with van der Waals surface area (Å²) in [6, 6.07) is 0.287. The maximum absolute atomic E-state index is 11.3. The fourth-order valence-corrected chi connectivity index (χ4v) is 1.12. The number of rotatable bonds is 8. The molecule has 5 nitrogen and oxygen atoms in total. The third-order valence-corrected chi connectivity index (χ3v) is 2.17. The van der Waals surface area contributed by atoms with E-state index in [2.05, 4.69) is 10.6 Å². The molecule has 0 bridgehead atoms. The zero-order valence-corrected chi connectivity index (χ0v) is 10.2. The summed E-state index contributed by atoms with van der Waals surface area (Å²) in [7, 11) is 0. The minimum atomic E-state index is -0.792. The van der Waals surface area contributed by atoms with Gasteiger partial charge in [0.05, 0.1) is 6.54 Å². The maximum Gasteiger partial charge on any atom is 0.303 e. The molecule has 1 unspecified atom stereocenters. The van der Waals surface area contributed by atoms with Crippen LogP contribution in [0.4, 0.5) is 0 Å². The predicted octanol–water partition coefficient (Wildman–Crippen LogP) is 0.602. The summed E-state index contributed by atoms with van der Waals surface area (Å²) in [5, 5.41) is 14.3. The van der Waals surface area contributed by atoms with Gasteiger partial charge in [-0.15, -0.1) is 0 Å². The van der Waals surface area contributed by atoms with Crippen molar-refractivity contribution in [3.05, 3.63) is 0 Å². The number of carboxylic acid groups (broad SMARTS) is 1. The minimum Gasteiger partial charge on any atom is -0.481 e. The molecule has 5 heteroatoms. The molecule has 0 fully saturated rings. The largest absolute Gasteiger partial charge is 0.481 e. The zero-order valence-electron chi connectivity index (χ0n) is 10.2. The second-order valence-corrected chi connectivity index (χ2v) is 4.38. The van der Waals surface area contributed by atoms with Crippen LogP contribution in [0, 0.1) is 5.92 Å². The SMILES string of the molecule is CC(CCC(=O)O)CNC(=O)CNC(C)C. The van der Waals surface area contributed by atoms with E-state index in [-0.39, 0.29) is 24.3 Å². The molecule has 94 valence electrons. The minimum absolute atomic E-state index is 0.0455. The van der Waals surface area contributed by atoms with Gasteiger partial charge in [0.1, 0.15) is 0 Å². The first-order valence-corrected chi connectivity index (χ1v) is 5.63. The van der Waals surface area contributed by atoms with Crippen molar-refractivity contribution in [1.29, 1.82) is 0 Å². The lowest BCUT2D eigenvalue weighted by molar-refractivity contribution is -0.137. The van der Waals surface area contributed by atoms with E-state index < -0.39 is 5.97 Å². The van der Waals surface area contributed by atoms with Gasteiger partial charge in [-0.1, -0.05) is 20.8 Å². The van der Waals surface area contributed by atoms with E-state index in [1.807, 2.05) is 20.8 Å². The summed E-state index contributed by atoms with van der Waals surface area (Å²) in [5.74, 6) is -0.644. The third kappa shape index (κ3) is 9.45. The van der Waals surface area contributed by atoms with Crippen molar-refractivity contribution in [3.8, 4) is 0 Å². The molecule has 0 saturated heterocycles. The molecule has 3 N–H and O–H groups in total. The summed E-state index contributed by atoms with van der Waals surface area (Å²) >= 11 is 0. The number of carboxylic acids is 1. The van der Waals surface area contributed by atoms with Crippen molar-refractivity contribution >= 4 is 11.9 Å². The fourth-order valence-electron chi connectivity index (χ4n) is 1.12. The van der Waals surface area contributed by atoms with Crippen LogP contribution in [0.3, 0.4) is 0 Å². The van der Waals surface area contributed by atoms with E-state index >= 15 is 0 Å². The number of carbonyl (C=O) groups excluding carboxylic acids is 1. The van der Waals surface area contributed by atoms with Crippen LogP contribution in [0.5, 0.6) is 0 Å². The molecule has 0 spiro atoms. The van der Waals surface area contributed by atoms with Crippen LogP contribution in [0.2, 0.25) is 0 Å². The lowest BCUT2D eigenvalue weighted by atomic mass is 10.1. The summed E-state index contributed by atoms with van der Waals surface area (Å²) in [4.78, 5) is 21.6. The smallest absolute Gasteiger partial charge is 0.303 e. The molecule has 0 aliphatic rings. The van der Waals surface area contributed by atoms with Crippen molar-refractivity contribution in [2.75, 3.05) is 13.1 Å². The van der Waals surface area contributed by atoms with Gasteiger partial charge in [0.15, 0.2) is 0 Å². The van der Waals surface area contributed by atoms with Crippen LogP contribution in [-0.4, -0.2) is 36.1 Å². The first-order valence-electron chi connectivity index (χ1n) is 5.63. The van der Waals surface area contributed by atoms with Gasteiger partial charge in [0.2, 0.25) is 5.91 Å². The maximum atomic E-state index is 11.3. The highest BCUT2D eigenvalue weighted by molar-refractivity contribution is 5.78. The highest BCUT2D eigenvalue weighted by atomic mass is 16.4. The Labute approximate surface area is 96.6 Å². The van der Waals surface area contributed by atoms with E-state index in [0.29, 0.717) is 19.5 Å². The number of nitrogens with one attached hydrogen (secondary N) is 2. The van der Waals surface area contributed by atoms with E-state index in [1.54, 1.807) is 0 Å². The lowest BCUT2D eigenvalue weighted by Crippen LogP contribution is -2.38. The molecule has 16 heavy (non-hydrogen) atoms. The molecule has 0 rings (SSSR count). The Balaban J connectivity index is 3.54. The highest BCUT2D eigenvalue weighted by Crippen LogP contribution is 2.03. The molecule has 0 aromatic rings. The topological polar surface area (TPSA) is 78.4 Å². The summed E-state index contributed by atoms with van der Waals surface area (Å²) in [6.45, 7) is 6.72. The number of hydrogen-bond acceptors (Lipinski definition) is 3. The fraction of sp³-hybridized carbons (Fsp3) is 0.818. The summed E-state index contributed by atoms with van der Waals surface area (Å²) in [6.07, 6.45) is 0.745. The van der Waals surface area contributed by atoms with E-state index in [0.717, 1.165) is 0 Å². The molecule has 0 aromatic heterocycles. The molecule has 0 aromatic carbocycles. The second kappa shape index (κ2) is 8.10. The molecule has 1 amide bonds. The van der Waals surface area contributed by atoms with Crippen molar-refractivity contribution in [3.63, 3.8) is 0 Å². The van der Waals surface area contributed by atoms with Gasteiger partial charge in [-0.3, -0.25) is 9.59 Å². The Bertz CT molecular complexity index is 229. The van der Waals surface area contributed by atoms with Gasteiger partial charge in [-0.05, 0) is 12.3 Å². The molecule has 0 radical (unpaired) electrons. The molecular weight excluding hydrogens is 208 g/mol. The zero-order chi connectivity index (χ0) is 12.6. The quantitative estimate of drug-likeness (QED) is 0.570. The normalized spacial score (nSPS) is 12.5. The molecule has 1 atom stereocenters. The van der Waals surface area contributed by atoms with Gasteiger partial charge in [0, 0.05) is 19.0 Å². The van der Waals surface area contributed by atoms with Crippen molar-refractivity contribution in [2.24, 2.45) is 5.92 Å². The number of hydrogen-bond donors (Lipinski definition) is 3. The second-order valence-electron chi connectivity index (χ2n) is 4.38. The van der Waals surface area contributed by atoms with Crippen molar-refractivity contribution in [1.82, 2.24) is 10.6 Å². The third-order valence-electron chi connectivity index (χ3n) is 2.17. The van der Waals surface area contributed by atoms with Gasteiger partial charge < -0.3 is 15.7 Å². The molecule has 0 saturated carbocycles. The number of aliphatic carboxylic acids is 1. The Morgan fingerprint density at radius 2 is 1.88 bits per heavy atom. The van der Waals surface area contributed by atoms with Crippen LogP contribution in [0.15, 0.2) is 0 Å². The number of carbonyl (C=O) groups is 2. The standard InChI is InChI=1S/C11H22N2O3/c1-8(2)12-7-10(14)13-6-9(3)4-5-11(15)16/h8-9,12H,4-7H2,1-3H3,(H,13,14)(H,15,16). The monoisotopic (exact) mass is 230 g/mol. The first kappa shape index (κ1) is 14.9.